The molecule has 0 spiro atoms. The van der Waals surface area contributed by atoms with Crippen molar-refractivity contribution in [2.24, 2.45) is 0 Å². The number of β-amino-alcohol motifs (C(OH)–C–C–N with tert-alkyl or cyclic N) is 1. The van der Waals surface area contributed by atoms with Gasteiger partial charge in [0.25, 0.3) is 0 Å². The summed E-state index contributed by atoms with van der Waals surface area (Å²) in [5, 5.41) is 12.8. The third-order valence-electron chi connectivity index (χ3n) is 3.82. The van der Waals surface area contributed by atoms with Gasteiger partial charge in [-0.05, 0) is 35.2 Å². The molecule has 1 fully saturated rings. The fraction of sp³-hybridized carbons (Fsp3) is 0.438. The van der Waals surface area contributed by atoms with Crippen molar-refractivity contribution in [1.29, 1.82) is 0 Å². The molecule has 1 aliphatic rings. The summed E-state index contributed by atoms with van der Waals surface area (Å²) < 4.78 is 6.81. The zero-order valence-electron chi connectivity index (χ0n) is 11.8. The molecular formula is C16H19NO3S. The van der Waals surface area contributed by atoms with Crippen LogP contribution in [0.3, 0.4) is 0 Å². The van der Waals surface area contributed by atoms with Crippen LogP contribution in [0.1, 0.15) is 12.0 Å². The normalized spacial score (nSPS) is 18.5. The highest BCUT2D eigenvalue weighted by Gasteiger charge is 2.24. The van der Waals surface area contributed by atoms with E-state index in [9.17, 15) is 9.90 Å². The second-order valence-electron chi connectivity index (χ2n) is 5.34. The van der Waals surface area contributed by atoms with Crippen LogP contribution in [-0.4, -0.2) is 48.3 Å². The fourth-order valence-electron chi connectivity index (χ4n) is 2.65. The van der Waals surface area contributed by atoms with E-state index in [4.69, 9.17) is 4.74 Å². The van der Waals surface area contributed by atoms with Gasteiger partial charge in [-0.25, -0.2) is 0 Å². The first-order chi connectivity index (χ1) is 10.2. The third-order valence-corrected chi connectivity index (χ3v) is 4.82. The van der Waals surface area contributed by atoms with Crippen LogP contribution < -0.4 is 0 Å². The average molecular weight is 305 g/mol. The molecule has 1 aliphatic heterocycles. The molecule has 1 unspecified atom stereocenters. The molecule has 0 aliphatic carbocycles. The first-order valence-corrected chi connectivity index (χ1v) is 8.10. The van der Waals surface area contributed by atoms with Crippen molar-refractivity contribution < 1.29 is 14.6 Å². The molecule has 0 saturated carbocycles. The number of nitrogens with zero attached hydrogens (tertiary/aromatic N) is 1. The first-order valence-electron chi connectivity index (χ1n) is 7.23. The number of benzene rings is 1. The zero-order valence-corrected chi connectivity index (χ0v) is 12.6. The topological polar surface area (TPSA) is 49.8 Å². The van der Waals surface area contributed by atoms with Crippen LogP contribution in [0.2, 0.25) is 0 Å². The van der Waals surface area contributed by atoms with E-state index in [2.05, 4.69) is 29.6 Å². The molecule has 4 nitrogen and oxygen atoms in total. The number of aliphatic hydroxyl groups is 1. The lowest BCUT2D eigenvalue weighted by atomic mass is 10.1. The Labute approximate surface area is 127 Å². The smallest absolute Gasteiger partial charge is 0.248 e. The number of hydrogen-bond donors (Lipinski definition) is 1. The molecule has 2 heterocycles. The Bertz CT molecular complexity index is 625. The molecule has 1 amide bonds. The maximum atomic E-state index is 11.9. The Kier molecular flexibility index (Phi) is 4.53. The summed E-state index contributed by atoms with van der Waals surface area (Å²) in [6, 6.07) is 8.40. The van der Waals surface area contributed by atoms with Gasteiger partial charge < -0.3 is 14.7 Å². The highest BCUT2D eigenvalue weighted by atomic mass is 32.1. The standard InChI is InChI=1S/C16H19NO3S/c18-14-4-7-17(10-14)15(19)11-20-8-5-12-2-1-3-13-6-9-21-16(12)13/h1-3,6,9,14,18H,4-5,7-8,10-11H2. The summed E-state index contributed by atoms with van der Waals surface area (Å²) in [6.45, 7) is 1.72. The molecule has 0 radical (unpaired) electrons. The number of carbonyl (C=O) groups is 1. The molecule has 0 bridgehead atoms. The number of fused-ring (bicyclic) bond motifs is 1. The maximum Gasteiger partial charge on any atom is 0.248 e. The Morgan fingerprint density at radius 1 is 1.43 bits per heavy atom. The predicted molar refractivity (Wildman–Crippen MR) is 83.6 cm³/mol. The highest BCUT2D eigenvalue weighted by Crippen LogP contribution is 2.24. The molecule has 112 valence electrons. The van der Waals surface area contributed by atoms with Gasteiger partial charge in [0.1, 0.15) is 6.61 Å². The van der Waals surface area contributed by atoms with Crippen LogP contribution in [-0.2, 0) is 16.0 Å². The number of likely N-dealkylation sites (tertiary alicyclic amines) is 1. The lowest BCUT2D eigenvalue weighted by molar-refractivity contribution is -0.135. The van der Waals surface area contributed by atoms with Crippen LogP contribution in [0, 0.1) is 0 Å². The molecule has 5 heteroatoms. The SMILES string of the molecule is O=C(COCCc1cccc2ccsc12)N1CCC(O)C1. The first kappa shape index (κ1) is 14.5. The van der Waals surface area contributed by atoms with Crippen molar-refractivity contribution in [2.75, 3.05) is 26.3 Å². The van der Waals surface area contributed by atoms with E-state index in [1.807, 2.05) is 0 Å². The molecule has 1 atom stereocenters. The lowest BCUT2D eigenvalue weighted by Gasteiger charge is -2.15. The molecule has 3 rings (SSSR count). The summed E-state index contributed by atoms with van der Waals surface area (Å²) >= 11 is 1.74. The minimum Gasteiger partial charge on any atom is -0.391 e. The van der Waals surface area contributed by atoms with Gasteiger partial charge in [0.2, 0.25) is 5.91 Å². The molecule has 1 N–H and O–H groups in total. The van der Waals surface area contributed by atoms with Gasteiger partial charge in [0.05, 0.1) is 12.7 Å². The third kappa shape index (κ3) is 3.43. The van der Waals surface area contributed by atoms with E-state index >= 15 is 0 Å². The number of hydrogen-bond acceptors (Lipinski definition) is 4. The fourth-order valence-corrected chi connectivity index (χ4v) is 3.60. The Balaban J connectivity index is 1.46. The number of thiophene rings is 1. The highest BCUT2D eigenvalue weighted by molar-refractivity contribution is 7.17. The van der Waals surface area contributed by atoms with Gasteiger partial charge in [-0.15, -0.1) is 11.3 Å². The number of rotatable bonds is 5. The van der Waals surface area contributed by atoms with Gasteiger partial charge in [0, 0.05) is 17.8 Å². The van der Waals surface area contributed by atoms with Crippen LogP contribution >= 0.6 is 11.3 Å². The number of ether oxygens (including phenoxy) is 1. The monoisotopic (exact) mass is 305 g/mol. The minimum atomic E-state index is -0.370. The summed E-state index contributed by atoms with van der Waals surface area (Å²) in [5.74, 6) is -0.0270. The van der Waals surface area contributed by atoms with Crippen molar-refractivity contribution in [2.45, 2.75) is 18.9 Å². The summed E-state index contributed by atoms with van der Waals surface area (Å²) in [4.78, 5) is 13.5. The van der Waals surface area contributed by atoms with Crippen molar-refractivity contribution in [3.05, 3.63) is 35.2 Å². The van der Waals surface area contributed by atoms with Gasteiger partial charge in [-0.2, -0.15) is 0 Å². The van der Waals surface area contributed by atoms with Crippen LogP contribution in [0.4, 0.5) is 0 Å². The van der Waals surface area contributed by atoms with E-state index in [-0.39, 0.29) is 18.6 Å². The van der Waals surface area contributed by atoms with E-state index in [1.165, 1.54) is 15.6 Å². The van der Waals surface area contributed by atoms with Crippen molar-refractivity contribution in [3.8, 4) is 0 Å². The Morgan fingerprint density at radius 3 is 3.14 bits per heavy atom. The van der Waals surface area contributed by atoms with Crippen LogP contribution in [0.25, 0.3) is 10.1 Å². The molecular weight excluding hydrogens is 286 g/mol. The molecule has 1 aromatic carbocycles. The lowest BCUT2D eigenvalue weighted by Crippen LogP contribution is -2.32. The quantitative estimate of drug-likeness (QED) is 0.860. The maximum absolute atomic E-state index is 11.9. The number of amides is 1. The number of aliphatic hydroxyl groups excluding tert-OH is 1. The van der Waals surface area contributed by atoms with Crippen molar-refractivity contribution in [1.82, 2.24) is 4.90 Å². The van der Waals surface area contributed by atoms with Gasteiger partial charge in [-0.3, -0.25) is 4.79 Å². The van der Waals surface area contributed by atoms with Crippen molar-refractivity contribution >= 4 is 27.3 Å². The van der Waals surface area contributed by atoms with E-state index < -0.39 is 0 Å². The Morgan fingerprint density at radius 2 is 2.33 bits per heavy atom. The molecule has 1 saturated heterocycles. The number of carbonyl (C=O) groups excluding carboxylic acids is 1. The summed E-state index contributed by atoms with van der Waals surface area (Å²) in [7, 11) is 0. The van der Waals surface area contributed by atoms with Crippen LogP contribution in [0.5, 0.6) is 0 Å². The summed E-state index contributed by atoms with van der Waals surface area (Å²) in [6.07, 6.45) is 1.12. The molecule has 21 heavy (non-hydrogen) atoms. The second-order valence-corrected chi connectivity index (χ2v) is 6.26. The van der Waals surface area contributed by atoms with E-state index in [1.54, 1.807) is 16.2 Å². The largest absolute Gasteiger partial charge is 0.391 e. The van der Waals surface area contributed by atoms with Crippen LogP contribution in [0.15, 0.2) is 29.6 Å². The van der Waals surface area contributed by atoms with Crippen molar-refractivity contribution in [3.63, 3.8) is 0 Å². The van der Waals surface area contributed by atoms with E-state index in [0.29, 0.717) is 26.1 Å². The minimum absolute atomic E-state index is 0.0270. The average Bonchev–Trinajstić information content (AvgIpc) is 3.12. The zero-order chi connectivity index (χ0) is 14.7. The van der Waals surface area contributed by atoms with Gasteiger partial charge in [0.15, 0.2) is 0 Å². The molecule has 1 aromatic heterocycles. The van der Waals surface area contributed by atoms with Gasteiger partial charge >= 0.3 is 0 Å². The van der Waals surface area contributed by atoms with E-state index in [0.717, 1.165) is 6.42 Å². The molecule has 2 aromatic rings. The van der Waals surface area contributed by atoms with Gasteiger partial charge in [-0.1, -0.05) is 18.2 Å². The predicted octanol–water partition coefficient (Wildman–Crippen LogP) is 2.05. The second kappa shape index (κ2) is 6.56. The summed E-state index contributed by atoms with van der Waals surface area (Å²) in [5.41, 5.74) is 1.27. The Hall–Kier alpha value is -1.43.